The Balaban J connectivity index is 2.23. The van der Waals surface area contributed by atoms with Crippen LogP contribution in [0.15, 0.2) is 48.7 Å². The van der Waals surface area contributed by atoms with E-state index in [0.29, 0.717) is 12.2 Å². The third-order valence-corrected chi connectivity index (χ3v) is 3.58. The summed E-state index contributed by atoms with van der Waals surface area (Å²) >= 11 is 0. The molecule has 0 spiro atoms. The summed E-state index contributed by atoms with van der Waals surface area (Å²) in [4.78, 5) is 25.4. The second kappa shape index (κ2) is 6.93. The Morgan fingerprint density at radius 1 is 1.18 bits per heavy atom. The van der Waals surface area contributed by atoms with Gasteiger partial charge in [-0.2, -0.15) is 0 Å². The highest BCUT2D eigenvalue weighted by molar-refractivity contribution is 5.93. The van der Waals surface area contributed by atoms with Gasteiger partial charge in [0.15, 0.2) is 0 Å². The van der Waals surface area contributed by atoms with Crippen LogP contribution in [0.3, 0.4) is 0 Å². The number of aliphatic carboxylic acids is 1. The fraction of sp³-hybridized carbons (Fsp3) is 0.294. The molecule has 2 aromatic rings. The van der Waals surface area contributed by atoms with Crippen LogP contribution in [0.2, 0.25) is 0 Å². The number of rotatable bonds is 6. The van der Waals surface area contributed by atoms with E-state index in [1.807, 2.05) is 30.3 Å². The molecule has 116 valence electrons. The van der Waals surface area contributed by atoms with E-state index in [1.54, 1.807) is 41.8 Å². The Morgan fingerprint density at radius 2 is 1.86 bits per heavy atom. The normalized spacial score (nSPS) is 11.9. The molecule has 0 saturated heterocycles. The maximum absolute atomic E-state index is 12.7. The minimum Gasteiger partial charge on any atom is -0.481 e. The van der Waals surface area contributed by atoms with Crippen LogP contribution in [-0.4, -0.2) is 33.0 Å². The molecule has 1 aromatic heterocycles. The average Bonchev–Trinajstić information content (AvgIpc) is 2.92. The Labute approximate surface area is 129 Å². The third kappa shape index (κ3) is 3.75. The molecule has 1 aromatic carbocycles. The average molecular weight is 300 g/mol. The van der Waals surface area contributed by atoms with Gasteiger partial charge in [0.05, 0.1) is 5.92 Å². The van der Waals surface area contributed by atoms with Crippen LogP contribution in [0.4, 0.5) is 0 Å². The highest BCUT2D eigenvalue weighted by Crippen LogP contribution is 2.13. The predicted molar refractivity (Wildman–Crippen MR) is 83.4 cm³/mol. The van der Waals surface area contributed by atoms with Crippen molar-refractivity contribution < 1.29 is 14.7 Å². The molecule has 0 bridgehead atoms. The van der Waals surface area contributed by atoms with E-state index in [0.717, 1.165) is 5.56 Å². The number of carbonyl (C=O) groups is 2. The van der Waals surface area contributed by atoms with Crippen LogP contribution < -0.4 is 0 Å². The molecule has 0 radical (unpaired) electrons. The third-order valence-electron chi connectivity index (χ3n) is 3.58. The van der Waals surface area contributed by atoms with Gasteiger partial charge in [-0.1, -0.05) is 37.3 Å². The van der Waals surface area contributed by atoms with Gasteiger partial charge in [-0.05, 0) is 17.7 Å². The maximum Gasteiger partial charge on any atom is 0.308 e. The molecule has 1 amide bonds. The van der Waals surface area contributed by atoms with Gasteiger partial charge in [0.2, 0.25) is 0 Å². The van der Waals surface area contributed by atoms with Gasteiger partial charge in [-0.15, -0.1) is 0 Å². The molecule has 0 unspecified atom stereocenters. The van der Waals surface area contributed by atoms with Crippen LogP contribution in [0.25, 0.3) is 0 Å². The van der Waals surface area contributed by atoms with Crippen molar-refractivity contribution in [3.63, 3.8) is 0 Å². The molecule has 0 fully saturated rings. The monoisotopic (exact) mass is 300 g/mol. The quantitative estimate of drug-likeness (QED) is 0.891. The first kappa shape index (κ1) is 15.8. The number of hydrogen-bond donors (Lipinski definition) is 1. The molecular weight excluding hydrogens is 280 g/mol. The van der Waals surface area contributed by atoms with Crippen LogP contribution in [0.1, 0.15) is 23.0 Å². The molecule has 5 nitrogen and oxygen atoms in total. The molecule has 0 aliphatic rings. The Hall–Kier alpha value is -2.56. The lowest BCUT2D eigenvalue weighted by Gasteiger charge is -2.25. The van der Waals surface area contributed by atoms with Gasteiger partial charge in [-0.25, -0.2) is 0 Å². The van der Waals surface area contributed by atoms with E-state index in [9.17, 15) is 9.59 Å². The smallest absolute Gasteiger partial charge is 0.308 e. The summed E-state index contributed by atoms with van der Waals surface area (Å²) in [5, 5.41) is 9.12. The Bertz CT molecular complexity index is 649. The van der Waals surface area contributed by atoms with Crippen LogP contribution in [-0.2, 0) is 18.4 Å². The lowest BCUT2D eigenvalue weighted by Crippen LogP contribution is -2.37. The van der Waals surface area contributed by atoms with Gasteiger partial charge >= 0.3 is 5.97 Å². The van der Waals surface area contributed by atoms with Crippen molar-refractivity contribution in [2.45, 2.75) is 13.5 Å². The standard InChI is InChI=1S/C17H20N2O3/c1-13(17(21)22)11-19(12-14-7-4-3-5-8-14)16(20)15-9-6-10-18(15)2/h3-10,13H,11-12H2,1-2H3,(H,21,22)/t13-/m1/s1. The molecule has 2 rings (SSSR count). The van der Waals surface area contributed by atoms with E-state index >= 15 is 0 Å². The Kier molecular flexibility index (Phi) is 4.99. The summed E-state index contributed by atoms with van der Waals surface area (Å²) in [6, 6.07) is 13.1. The number of carboxylic acids is 1. The second-order valence-electron chi connectivity index (χ2n) is 5.41. The van der Waals surface area contributed by atoms with E-state index in [2.05, 4.69) is 0 Å². The van der Waals surface area contributed by atoms with E-state index in [1.165, 1.54) is 0 Å². The summed E-state index contributed by atoms with van der Waals surface area (Å²) in [6.45, 7) is 2.18. The molecule has 0 aliphatic carbocycles. The number of aromatic nitrogens is 1. The predicted octanol–water partition coefficient (Wildman–Crippen LogP) is 2.39. The van der Waals surface area contributed by atoms with Crippen molar-refractivity contribution in [2.75, 3.05) is 6.54 Å². The second-order valence-corrected chi connectivity index (χ2v) is 5.41. The molecule has 0 saturated carbocycles. The number of carbonyl (C=O) groups excluding carboxylic acids is 1. The zero-order chi connectivity index (χ0) is 16.1. The van der Waals surface area contributed by atoms with Crippen molar-refractivity contribution in [2.24, 2.45) is 13.0 Å². The molecule has 0 aliphatic heterocycles. The zero-order valence-electron chi connectivity index (χ0n) is 12.8. The number of benzene rings is 1. The largest absolute Gasteiger partial charge is 0.481 e. The van der Waals surface area contributed by atoms with Gasteiger partial charge in [0, 0.05) is 26.3 Å². The van der Waals surface area contributed by atoms with E-state index in [4.69, 9.17) is 5.11 Å². The zero-order valence-corrected chi connectivity index (χ0v) is 12.8. The van der Waals surface area contributed by atoms with Crippen molar-refractivity contribution >= 4 is 11.9 Å². The van der Waals surface area contributed by atoms with Gasteiger partial charge in [-0.3, -0.25) is 9.59 Å². The number of hydrogen-bond acceptors (Lipinski definition) is 2. The lowest BCUT2D eigenvalue weighted by molar-refractivity contribution is -0.141. The molecule has 1 atom stereocenters. The highest BCUT2D eigenvalue weighted by Gasteiger charge is 2.23. The Morgan fingerprint density at radius 3 is 2.41 bits per heavy atom. The van der Waals surface area contributed by atoms with Crippen molar-refractivity contribution in [3.8, 4) is 0 Å². The van der Waals surface area contributed by atoms with Crippen molar-refractivity contribution in [3.05, 3.63) is 59.9 Å². The molecule has 1 N–H and O–H groups in total. The number of nitrogens with zero attached hydrogens (tertiary/aromatic N) is 2. The van der Waals surface area contributed by atoms with Crippen LogP contribution in [0.5, 0.6) is 0 Å². The first-order chi connectivity index (χ1) is 10.5. The summed E-state index contributed by atoms with van der Waals surface area (Å²) < 4.78 is 1.74. The fourth-order valence-corrected chi connectivity index (χ4v) is 2.28. The van der Waals surface area contributed by atoms with Crippen molar-refractivity contribution in [1.29, 1.82) is 0 Å². The van der Waals surface area contributed by atoms with Gasteiger partial charge < -0.3 is 14.6 Å². The lowest BCUT2D eigenvalue weighted by atomic mass is 10.1. The molecule has 5 heteroatoms. The first-order valence-electron chi connectivity index (χ1n) is 7.16. The minimum atomic E-state index is -0.905. The van der Waals surface area contributed by atoms with Gasteiger partial charge in [0.25, 0.3) is 5.91 Å². The van der Waals surface area contributed by atoms with E-state index in [-0.39, 0.29) is 12.5 Å². The van der Waals surface area contributed by atoms with Crippen LogP contribution >= 0.6 is 0 Å². The van der Waals surface area contributed by atoms with E-state index < -0.39 is 11.9 Å². The topological polar surface area (TPSA) is 62.5 Å². The number of aryl methyl sites for hydroxylation is 1. The summed E-state index contributed by atoms with van der Waals surface area (Å²) in [7, 11) is 1.80. The summed E-state index contributed by atoms with van der Waals surface area (Å²) in [6.07, 6.45) is 1.80. The fourth-order valence-electron chi connectivity index (χ4n) is 2.28. The molecule has 22 heavy (non-hydrogen) atoms. The number of carboxylic acid groups (broad SMARTS) is 1. The number of amides is 1. The summed E-state index contributed by atoms with van der Waals surface area (Å²) in [5.41, 5.74) is 1.52. The SMILES string of the molecule is C[C@H](CN(Cc1ccccc1)C(=O)c1cccn1C)C(=O)O. The molecule has 1 heterocycles. The summed E-state index contributed by atoms with van der Waals surface area (Å²) in [5.74, 6) is -1.69. The first-order valence-corrected chi connectivity index (χ1v) is 7.16. The van der Waals surface area contributed by atoms with Crippen molar-refractivity contribution in [1.82, 2.24) is 9.47 Å². The highest BCUT2D eigenvalue weighted by atomic mass is 16.4. The van der Waals surface area contributed by atoms with Crippen LogP contribution in [0, 0.1) is 5.92 Å². The van der Waals surface area contributed by atoms with Gasteiger partial charge in [0.1, 0.15) is 5.69 Å². The minimum absolute atomic E-state index is 0.163. The molecular formula is C17H20N2O3. The maximum atomic E-state index is 12.7.